The second-order valence-corrected chi connectivity index (χ2v) is 10.4. The number of amides is 2. The third-order valence-corrected chi connectivity index (χ3v) is 7.98. The Morgan fingerprint density at radius 3 is 1.63 bits per heavy atom. The van der Waals surface area contributed by atoms with E-state index < -0.39 is 48.0 Å². The predicted molar refractivity (Wildman–Crippen MR) is 156 cm³/mol. The normalized spacial score (nSPS) is 23.5. The Balaban J connectivity index is 1.35. The summed E-state index contributed by atoms with van der Waals surface area (Å²) in [5.41, 5.74) is 10.9. The number of ether oxygens (including phenoxy) is 2. The van der Waals surface area contributed by atoms with Gasteiger partial charge in [0.2, 0.25) is 0 Å². The van der Waals surface area contributed by atoms with E-state index in [1.165, 1.54) is 12.1 Å². The topological polar surface area (TPSA) is 145 Å². The van der Waals surface area contributed by atoms with Crippen LogP contribution in [0.3, 0.4) is 0 Å². The van der Waals surface area contributed by atoms with Gasteiger partial charge in [-0.1, -0.05) is 108 Å². The van der Waals surface area contributed by atoms with E-state index in [9.17, 15) is 25.3 Å². The molecule has 1 saturated heterocycles. The summed E-state index contributed by atoms with van der Waals surface area (Å²) >= 11 is 0. The third-order valence-electron chi connectivity index (χ3n) is 7.98. The molecule has 43 heavy (non-hydrogen) atoms. The van der Waals surface area contributed by atoms with Crippen LogP contribution in [0.2, 0.25) is 0 Å². The van der Waals surface area contributed by atoms with Crippen LogP contribution < -0.4 is 0 Å². The number of aliphatic hydroxyl groups excluding tert-OH is 2. The molecule has 5 atom stereocenters. The Hall–Kier alpha value is -4.83. The number of hydrogen-bond donors (Lipinski definition) is 2. The minimum Gasteiger partial charge on any atom is -0.388 e. The zero-order chi connectivity index (χ0) is 30.0. The number of nitrogens with zero attached hydrogens (tertiary/aromatic N) is 4. The molecule has 2 heterocycles. The number of hydrogen-bond acceptors (Lipinski definition) is 7. The fourth-order valence-corrected chi connectivity index (χ4v) is 5.95. The van der Waals surface area contributed by atoms with Crippen molar-refractivity contribution in [1.82, 2.24) is 4.90 Å². The lowest BCUT2D eigenvalue weighted by Gasteiger charge is -2.45. The largest absolute Gasteiger partial charge is 0.388 e. The van der Waals surface area contributed by atoms with Gasteiger partial charge in [0, 0.05) is 4.91 Å². The number of fused-ring (bicyclic) bond motifs is 1. The Bertz CT molecular complexity index is 1530. The summed E-state index contributed by atoms with van der Waals surface area (Å²) in [6.45, 7) is -0.247. The van der Waals surface area contributed by atoms with E-state index in [1.807, 2.05) is 91.0 Å². The SMILES string of the molecule is [N-]=[N+]=N[C@@H]1O[C@H](COC(c2ccccc2)(c2ccccc2)c2ccccc2)[C@@H](O)[C@H](O)[C@H]1N1C(=O)c2ccccc2C1=O. The molecule has 216 valence electrons. The van der Waals surface area contributed by atoms with Crippen molar-refractivity contribution < 1.29 is 29.3 Å². The molecule has 0 bridgehead atoms. The molecule has 1 fully saturated rings. The molecule has 4 aromatic rings. The summed E-state index contributed by atoms with van der Waals surface area (Å²) < 4.78 is 12.8. The predicted octanol–water partition coefficient (Wildman–Crippen LogP) is 4.42. The fraction of sp³-hybridized carbons (Fsp3) is 0.212. The van der Waals surface area contributed by atoms with Crippen molar-refractivity contribution in [2.24, 2.45) is 5.11 Å². The van der Waals surface area contributed by atoms with Crippen LogP contribution in [0.1, 0.15) is 37.4 Å². The molecule has 2 amide bonds. The van der Waals surface area contributed by atoms with E-state index >= 15 is 0 Å². The molecule has 2 N–H and O–H groups in total. The summed E-state index contributed by atoms with van der Waals surface area (Å²) in [7, 11) is 0. The Morgan fingerprint density at radius 2 is 1.19 bits per heavy atom. The average Bonchev–Trinajstić information content (AvgIpc) is 3.30. The molecule has 0 unspecified atom stereocenters. The maximum atomic E-state index is 13.2. The fourth-order valence-electron chi connectivity index (χ4n) is 5.95. The zero-order valence-electron chi connectivity index (χ0n) is 22.9. The molecule has 2 aliphatic heterocycles. The van der Waals surface area contributed by atoms with Crippen LogP contribution in [0.5, 0.6) is 0 Å². The lowest BCUT2D eigenvalue weighted by atomic mass is 9.80. The number of aliphatic hydroxyl groups is 2. The van der Waals surface area contributed by atoms with Crippen LogP contribution >= 0.6 is 0 Å². The quantitative estimate of drug-likeness (QED) is 0.104. The first-order chi connectivity index (χ1) is 21.0. The van der Waals surface area contributed by atoms with Crippen LogP contribution in [0.15, 0.2) is 120 Å². The first kappa shape index (κ1) is 28.3. The summed E-state index contributed by atoms with van der Waals surface area (Å²) in [4.78, 5) is 30.1. The summed E-state index contributed by atoms with van der Waals surface area (Å²) in [5.74, 6) is -1.35. The standard InChI is InChI=1S/C33H28N4O6/c34-36-35-30-27(37-31(40)24-18-10-11-19-25(24)32(37)41)29(39)28(38)26(43-30)20-42-33(21-12-4-1-5-13-21,22-14-6-2-7-15-22)23-16-8-3-9-17-23/h1-19,26-30,38-39H,20H2/t26-,27-,28-,29-,30-/m1/s1. The lowest BCUT2D eigenvalue weighted by Crippen LogP contribution is -2.65. The Kier molecular flexibility index (Phi) is 7.77. The van der Waals surface area contributed by atoms with Gasteiger partial charge in [-0.3, -0.25) is 14.5 Å². The van der Waals surface area contributed by atoms with E-state index in [0.717, 1.165) is 21.6 Å². The van der Waals surface area contributed by atoms with Crippen molar-refractivity contribution in [3.63, 3.8) is 0 Å². The lowest BCUT2D eigenvalue weighted by molar-refractivity contribution is -0.214. The van der Waals surface area contributed by atoms with E-state index in [0.29, 0.717) is 0 Å². The number of carbonyl (C=O) groups excluding carboxylic acids is 2. The zero-order valence-corrected chi connectivity index (χ0v) is 22.9. The minimum absolute atomic E-state index is 0.151. The van der Waals surface area contributed by atoms with Crippen molar-refractivity contribution in [1.29, 1.82) is 0 Å². The van der Waals surface area contributed by atoms with Crippen LogP contribution in [-0.2, 0) is 15.1 Å². The number of rotatable bonds is 8. The van der Waals surface area contributed by atoms with Gasteiger partial charge in [0.15, 0.2) is 6.23 Å². The molecule has 4 aromatic carbocycles. The van der Waals surface area contributed by atoms with Crippen LogP contribution in [0, 0.1) is 0 Å². The molecular formula is C33H28N4O6. The van der Waals surface area contributed by atoms with Gasteiger partial charge in [-0.2, -0.15) is 0 Å². The molecule has 10 nitrogen and oxygen atoms in total. The minimum atomic E-state index is -1.69. The molecule has 2 aliphatic rings. The number of azide groups is 1. The first-order valence-electron chi connectivity index (χ1n) is 13.8. The van der Waals surface area contributed by atoms with Crippen molar-refractivity contribution >= 4 is 11.8 Å². The van der Waals surface area contributed by atoms with E-state index in [4.69, 9.17) is 9.47 Å². The van der Waals surface area contributed by atoms with Crippen LogP contribution in [0.25, 0.3) is 10.4 Å². The summed E-state index contributed by atoms with van der Waals surface area (Å²) in [6.07, 6.45) is -5.97. The summed E-state index contributed by atoms with van der Waals surface area (Å²) in [5, 5.41) is 26.3. The number of imide groups is 1. The van der Waals surface area contributed by atoms with Crippen molar-refractivity contribution in [2.75, 3.05) is 6.61 Å². The molecule has 0 saturated carbocycles. The van der Waals surface area contributed by atoms with Crippen molar-refractivity contribution in [2.45, 2.75) is 36.2 Å². The number of carbonyl (C=O) groups is 2. The number of benzene rings is 4. The average molecular weight is 577 g/mol. The summed E-state index contributed by atoms with van der Waals surface area (Å²) in [6, 6.07) is 33.5. The molecular weight excluding hydrogens is 548 g/mol. The van der Waals surface area contributed by atoms with Gasteiger partial charge < -0.3 is 19.7 Å². The van der Waals surface area contributed by atoms with Gasteiger partial charge in [0.25, 0.3) is 11.8 Å². The first-order valence-corrected chi connectivity index (χ1v) is 13.8. The smallest absolute Gasteiger partial charge is 0.261 e. The monoisotopic (exact) mass is 576 g/mol. The Labute approximate surface area is 247 Å². The molecule has 0 radical (unpaired) electrons. The third kappa shape index (κ3) is 4.87. The van der Waals surface area contributed by atoms with Gasteiger partial charge in [-0.25, -0.2) is 0 Å². The highest BCUT2D eigenvalue weighted by molar-refractivity contribution is 6.21. The van der Waals surface area contributed by atoms with Gasteiger partial charge in [-0.05, 0) is 34.4 Å². The van der Waals surface area contributed by atoms with Gasteiger partial charge >= 0.3 is 0 Å². The maximum Gasteiger partial charge on any atom is 0.261 e. The van der Waals surface area contributed by atoms with Gasteiger partial charge in [0.05, 0.1) is 17.7 Å². The highest BCUT2D eigenvalue weighted by Gasteiger charge is 2.53. The molecule has 0 spiro atoms. The highest BCUT2D eigenvalue weighted by atomic mass is 16.6. The Morgan fingerprint density at radius 1 is 0.744 bits per heavy atom. The maximum absolute atomic E-state index is 13.2. The highest BCUT2D eigenvalue weighted by Crippen LogP contribution is 2.41. The second-order valence-electron chi connectivity index (χ2n) is 10.4. The van der Waals surface area contributed by atoms with Crippen molar-refractivity contribution in [3.05, 3.63) is 154 Å². The van der Waals surface area contributed by atoms with Gasteiger partial charge in [0.1, 0.15) is 30.0 Å². The van der Waals surface area contributed by atoms with E-state index in [2.05, 4.69) is 10.0 Å². The molecule has 0 aromatic heterocycles. The van der Waals surface area contributed by atoms with E-state index in [-0.39, 0.29) is 17.7 Å². The molecule has 0 aliphatic carbocycles. The van der Waals surface area contributed by atoms with Gasteiger partial charge in [-0.15, -0.1) is 0 Å². The van der Waals surface area contributed by atoms with Crippen molar-refractivity contribution in [3.8, 4) is 0 Å². The van der Waals surface area contributed by atoms with Crippen LogP contribution in [0.4, 0.5) is 0 Å². The molecule has 10 heteroatoms. The van der Waals surface area contributed by atoms with E-state index in [1.54, 1.807) is 12.1 Å². The van der Waals surface area contributed by atoms with Crippen LogP contribution in [-0.4, -0.2) is 64.1 Å². The molecule has 6 rings (SSSR count). The second kappa shape index (κ2) is 11.8.